The van der Waals surface area contributed by atoms with Crippen LogP contribution in [0.25, 0.3) is 5.69 Å². The summed E-state index contributed by atoms with van der Waals surface area (Å²) in [5.74, 6) is 0.341. The van der Waals surface area contributed by atoms with Crippen molar-refractivity contribution in [2.24, 2.45) is 0 Å². The van der Waals surface area contributed by atoms with E-state index in [1.54, 1.807) is 0 Å². The number of piperazine rings is 1. The summed E-state index contributed by atoms with van der Waals surface area (Å²) in [5.41, 5.74) is 4.82. The minimum Gasteiger partial charge on any atom is -0.336 e. The molecular formula is C21H30N4O. The summed E-state index contributed by atoms with van der Waals surface area (Å²) >= 11 is 0. The van der Waals surface area contributed by atoms with Gasteiger partial charge < -0.3 is 9.80 Å². The van der Waals surface area contributed by atoms with Crippen LogP contribution in [0.2, 0.25) is 0 Å². The lowest BCUT2D eigenvalue weighted by molar-refractivity contribution is 0.0641. The molecule has 26 heavy (non-hydrogen) atoms. The Morgan fingerprint density at radius 2 is 1.85 bits per heavy atom. The minimum absolute atomic E-state index is 0.126. The standard InChI is InChI=1S/C21H30N4O/c1-6-23-10-12-24(13-11-23)21(26)19-17(5)22-25(20(19)15(2)3)18-9-7-8-16(4)14-18/h7-9,14-15H,6,10-13H2,1-5H3. The van der Waals surface area contributed by atoms with Crippen molar-refractivity contribution in [2.75, 3.05) is 32.7 Å². The average molecular weight is 354 g/mol. The van der Waals surface area contributed by atoms with Crippen molar-refractivity contribution in [3.8, 4) is 5.69 Å². The first kappa shape index (κ1) is 18.6. The van der Waals surface area contributed by atoms with Crippen molar-refractivity contribution >= 4 is 5.91 Å². The lowest BCUT2D eigenvalue weighted by Gasteiger charge is -2.34. The quantitative estimate of drug-likeness (QED) is 0.845. The number of hydrogen-bond donors (Lipinski definition) is 0. The summed E-state index contributed by atoms with van der Waals surface area (Å²) in [7, 11) is 0. The summed E-state index contributed by atoms with van der Waals surface area (Å²) in [5, 5.41) is 4.75. The van der Waals surface area contributed by atoms with Gasteiger partial charge in [-0.3, -0.25) is 4.79 Å². The Morgan fingerprint density at radius 3 is 2.42 bits per heavy atom. The van der Waals surface area contributed by atoms with Gasteiger partial charge in [0.15, 0.2) is 0 Å². The molecule has 5 nitrogen and oxygen atoms in total. The number of aromatic nitrogens is 2. The van der Waals surface area contributed by atoms with E-state index in [9.17, 15) is 4.79 Å². The van der Waals surface area contributed by atoms with Gasteiger partial charge in [-0.1, -0.05) is 32.9 Å². The fraction of sp³-hybridized carbons (Fsp3) is 0.524. The summed E-state index contributed by atoms with van der Waals surface area (Å²) in [4.78, 5) is 17.7. The molecule has 0 radical (unpaired) electrons. The van der Waals surface area contributed by atoms with E-state index in [1.165, 1.54) is 5.56 Å². The zero-order valence-corrected chi connectivity index (χ0v) is 16.6. The third-order valence-electron chi connectivity index (χ3n) is 5.21. The molecule has 0 aliphatic carbocycles. The molecular weight excluding hydrogens is 324 g/mol. The first-order chi connectivity index (χ1) is 12.4. The highest BCUT2D eigenvalue weighted by atomic mass is 16.2. The van der Waals surface area contributed by atoms with Crippen LogP contribution < -0.4 is 0 Å². The van der Waals surface area contributed by atoms with Crippen LogP contribution >= 0.6 is 0 Å². The smallest absolute Gasteiger partial charge is 0.257 e. The van der Waals surface area contributed by atoms with Crippen molar-refractivity contribution in [2.45, 2.75) is 40.5 Å². The number of nitrogens with zero attached hydrogens (tertiary/aromatic N) is 4. The Hall–Kier alpha value is -2.14. The molecule has 1 aliphatic rings. The van der Waals surface area contributed by atoms with E-state index in [2.05, 4.69) is 50.8 Å². The number of carbonyl (C=O) groups is 1. The first-order valence-corrected chi connectivity index (χ1v) is 9.60. The van der Waals surface area contributed by atoms with Crippen molar-refractivity contribution < 1.29 is 4.79 Å². The molecule has 0 N–H and O–H groups in total. The van der Waals surface area contributed by atoms with Crippen LogP contribution in [-0.4, -0.2) is 58.2 Å². The highest BCUT2D eigenvalue weighted by Gasteiger charge is 2.29. The molecule has 0 unspecified atom stereocenters. The zero-order valence-electron chi connectivity index (χ0n) is 16.6. The number of benzene rings is 1. The number of amides is 1. The average Bonchev–Trinajstić information content (AvgIpc) is 2.98. The van der Waals surface area contributed by atoms with E-state index in [0.717, 1.165) is 55.4 Å². The van der Waals surface area contributed by atoms with E-state index in [1.807, 2.05) is 22.6 Å². The maximum absolute atomic E-state index is 13.3. The molecule has 2 aromatic rings. The molecule has 1 saturated heterocycles. The zero-order chi connectivity index (χ0) is 18.8. The molecule has 1 amide bonds. The van der Waals surface area contributed by atoms with Gasteiger partial charge >= 0.3 is 0 Å². The molecule has 140 valence electrons. The van der Waals surface area contributed by atoms with Gasteiger partial charge in [-0.25, -0.2) is 4.68 Å². The van der Waals surface area contributed by atoms with Crippen LogP contribution in [0.4, 0.5) is 0 Å². The molecule has 0 bridgehead atoms. The molecule has 1 aromatic heterocycles. The van der Waals surface area contributed by atoms with Crippen molar-refractivity contribution in [1.29, 1.82) is 0 Å². The molecule has 0 atom stereocenters. The van der Waals surface area contributed by atoms with Crippen LogP contribution in [0.15, 0.2) is 24.3 Å². The van der Waals surface area contributed by atoms with Gasteiger partial charge in [0, 0.05) is 26.2 Å². The maximum Gasteiger partial charge on any atom is 0.257 e. The number of aryl methyl sites for hydroxylation is 2. The minimum atomic E-state index is 0.126. The molecule has 0 saturated carbocycles. The Morgan fingerprint density at radius 1 is 1.15 bits per heavy atom. The lowest BCUT2D eigenvalue weighted by Crippen LogP contribution is -2.48. The Kier molecular flexibility index (Phi) is 5.47. The molecule has 1 fully saturated rings. The Labute approximate surface area is 156 Å². The second-order valence-electron chi connectivity index (χ2n) is 7.48. The van der Waals surface area contributed by atoms with E-state index < -0.39 is 0 Å². The van der Waals surface area contributed by atoms with Gasteiger partial charge in [0.05, 0.1) is 22.6 Å². The molecule has 5 heteroatoms. The predicted octanol–water partition coefficient (Wildman–Crippen LogP) is 3.39. The summed E-state index contributed by atoms with van der Waals surface area (Å²) < 4.78 is 1.96. The van der Waals surface area contributed by atoms with E-state index in [4.69, 9.17) is 5.10 Å². The number of carbonyl (C=O) groups excluding carboxylic acids is 1. The van der Waals surface area contributed by atoms with Crippen LogP contribution in [0.1, 0.15) is 54.0 Å². The molecule has 1 aromatic carbocycles. The number of likely N-dealkylation sites (N-methyl/N-ethyl adjacent to an activating group) is 1. The van der Waals surface area contributed by atoms with E-state index in [0.29, 0.717) is 0 Å². The topological polar surface area (TPSA) is 41.4 Å². The SMILES string of the molecule is CCN1CCN(C(=O)c2c(C)nn(-c3cccc(C)c3)c2C(C)C)CC1. The summed E-state index contributed by atoms with van der Waals surface area (Å²) in [6, 6.07) is 8.29. The van der Waals surface area contributed by atoms with Gasteiger partial charge in [0.2, 0.25) is 0 Å². The Balaban J connectivity index is 1.98. The van der Waals surface area contributed by atoms with Gasteiger partial charge in [-0.2, -0.15) is 5.10 Å². The fourth-order valence-corrected chi connectivity index (χ4v) is 3.72. The fourth-order valence-electron chi connectivity index (χ4n) is 3.72. The highest BCUT2D eigenvalue weighted by molar-refractivity contribution is 5.97. The van der Waals surface area contributed by atoms with Crippen LogP contribution in [0.5, 0.6) is 0 Å². The largest absolute Gasteiger partial charge is 0.336 e. The third kappa shape index (κ3) is 3.54. The predicted molar refractivity (Wildman–Crippen MR) is 105 cm³/mol. The first-order valence-electron chi connectivity index (χ1n) is 9.60. The van der Waals surface area contributed by atoms with Crippen molar-refractivity contribution in [3.63, 3.8) is 0 Å². The molecule has 0 spiro atoms. The second kappa shape index (κ2) is 7.62. The monoisotopic (exact) mass is 354 g/mol. The normalized spacial score (nSPS) is 15.7. The molecule has 1 aliphatic heterocycles. The van der Waals surface area contributed by atoms with Crippen LogP contribution in [0, 0.1) is 13.8 Å². The summed E-state index contributed by atoms with van der Waals surface area (Å²) in [6.45, 7) is 15.0. The highest BCUT2D eigenvalue weighted by Crippen LogP contribution is 2.27. The number of hydrogen-bond acceptors (Lipinski definition) is 3. The summed E-state index contributed by atoms with van der Waals surface area (Å²) in [6.07, 6.45) is 0. The van der Waals surface area contributed by atoms with E-state index in [-0.39, 0.29) is 11.8 Å². The third-order valence-corrected chi connectivity index (χ3v) is 5.21. The van der Waals surface area contributed by atoms with Gasteiger partial charge in [-0.05, 0) is 44.0 Å². The Bertz CT molecular complexity index is 785. The van der Waals surface area contributed by atoms with Crippen LogP contribution in [0.3, 0.4) is 0 Å². The molecule has 3 rings (SSSR count). The van der Waals surface area contributed by atoms with Crippen LogP contribution in [-0.2, 0) is 0 Å². The van der Waals surface area contributed by atoms with Gasteiger partial charge in [-0.15, -0.1) is 0 Å². The number of rotatable bonds is 4. The van der Waals surface area contributed by atoms with Gasteiger partial charge in [0.1, 0.15) is 0 Å². The molecule has 2 heterocycles. The van der Waals surface area contributed by atoms with Crippen molar-refractivity contribution in [1.82, 2.24) is 19.6 Å². The van der Waals surface area contributed by atoms with Gasteiger partial charge in [0.25, 0.3) is 5.91 Å². The second-order valence-corrected chi connectivity index (χ2v) is 7.48. The van der Waals surface area contributed by atoms with Crippen molar-refractivity contribution in [3.05, 3.63) is 46.8 Å². The lowest BCUT2D eigenvalue weighted by atomic mass is 10.0. The maximum atomic E-state index is 13.3. The van der Waals surface area contributed by atoms with E-state index >= 15 is 0 Å².